The number of unbranched alkanes of at least 4 members (excludes halogenated alkanes) is 1. The first-order valence-electron chi connectivity index (χ1n) is 5.77. The molecule has 0 fully saturated rings. The van der Waals surface area contributed by atoms with Gasteiger partial charge in [0.25, 0.3) is 0 Å². The fourth-order valence-corrected chi connectivity index (χ4v) is 1.48. The van der Waals surface area contributed by atoms with Gasteiger partial charge in [-0.1, -0.05) is 43.7 Å². The van der Waals surface area contributed by atoms with Crippen LogP contribution in [0.1, 0.15) is 25.3 Å². The maximum atomic E-state index is 11.3. The van der Waals surface area contributed by atoms with E-state index in [9.17, 15) is 9.90 Å². The quantitative estimate of drug-likeness (QED) is 0.708. The van der Waals surface area contributed by atoms with Gasteiger partial charge in [0.15, 0.2) is 5.54 Å². The largest absolute Gasteiger partial charge is 0.480 e. The van der Waals surface area contributed by atoms with Gasteiger partial charge in [0.05, 0.1) is 6.61 Å². The molecule has 1 unspecified atom stereocenters. The van der Waals surface area contributed by atoms with Crippen LogP contribution in [0.25, 0.3) is 0 Å². The van der Waals surface area contributed by atoms with Crippen molar-refractivity contribution < 1.29 is 14.6 Å². The molecule has 94 valence electrons. The summed E-state index contributed by atoms with van der Waals surface area (Å²) in [6.45, 7) is 2.58. The van der Waals surface area contributed by atoms with Crippen LogP contribution in [-0.4, -0.2) is 24.3 Å². The fraction of sp³-hybridized carbons (Fsp3) is 0.462. The standard InChI is InChI=1S/C13H19NO3/c1-2-3-9-17-10-13(14,12(15)16)11-7-5-4-6-8-11/h4-8H,2-3,9-10,14H2,1H3,(H,15,16). The molecule has 0 aliphatic rings. The third kappa shape index (κ3) is 3.54. The van der Waals surface area contributed by atoms with Crippen molar-refractivity contribution in [2.45, 2.75) is 25.3 Å². The lowest BCUT2D eigenvalue weighted by Gasteiger charge is -2.25. The predicted molar refractivity (Wildman–Crippen MR) is 65.7 cm³/mol. The zero-order valence-corrected chi connectivity index (χ0v) is 10.1. The van der Waals surface area contributed by atoms with Gasteiger partial charge in [-0.2, -0.15) is 0 Å². The van der Waals surface area contributed by atoms with Gasteiger partial charge in [0.1, 0.15) is 0 Å². The Labute approximate surface area is 101 Å². The van der Waals surface area contributed by atoms with Crippen LogP contribution in [0.2, 0.25) is 0 Å². The number of nitrogens with two attached hydrogens (primary N) is 1. The summed E-state index contributed by atoms with van der Waals surface area (Å²) in [4.78, 5) is 11.3. The summed E-state index contributed by atoms with van der Waals surface area (Å²) in [5.74, 6) is -1.07. The minimum Gasteiger partial charge on any atom is -0.480 e. The highest BCUT2D eigenvalue weighted by Gasteiger charge is 2.36. The fourth-order valence-electron chi connectivity index (χ4n) is 1.48. The Morgan fingerprint density at radius 3 is 2.59 bits per heavy atom. The molecule has 0 saturated carbocycles. The van der Waals surface area contributed by atoms with E-state index in [-0.39, 0.29) is 6.61 Å². The Morgan fingerprint density at radius 2 is 2.06 bits per heavy atom. The highest BCUT2D eigenvalue weighted by Crippen LogP contribution is 2.19. The number of aliphatic carboxylic acids is 1. The first-order valence-corrected chi connectivity index (χ1v) is 5.77. The SMILES string of the molecule is CCCCOCC(N)(C(=O)O)c1ccccc1. The van der Waals surface area contributed by atoms with Gasteiger partial charge in [-0.05, 0) is 12.0 Å². The van der Waals surface area contributed by atoms with Crippen molar-refractivity contribution in [2.24, 2.45) is 5.73 Å². The maximum Gasteiger partial charge on any atom is 0.330 e. The third-order valence-corrected chi connectivity index (χ3v) is 2.64. The molecule has 1 atom stereocenters. The van der Waals surface area contributed by atoms with Crippen LogP contribution >= 0.6 is 0 Å². The molecule has 1 aromatic carbocycles. The molecule has 4 heteroatoms. The lowest BCUT2D eigenvalue weighted by atomic mass is 9.92. The summed E-state index contributed by atoms with van der Waals surface area (Å²) in [5, 5.41) is 9.24. The van der Waals surface area contributed by atoms with Gasteiger partial charge in [-0.3, -0.25) is 0 Å². The maximum absolute atomic E-state index is 11.3. The molecule has 1 aromatic rings. The number of carboxylic acids is 1. The van der Waals surface area contributed by atoms with Gasteiger partial charge in [-0.25, -0.2) is 4.79 Å². The molecule has 0 amide bonds. The minimum atomic E-state index is -1.46. The topological polar surface area (TPSA) is 72.5 Å². The van der Waals surface area contributed by atoms with Crippen molar-refractivity contribution in [3.63, 3.8) is 0 Å². The molecule has 0 aliphatic heterocycles. The average Bonchev–Trinajstić information content (AvgIpc) is 2.35. The van der Waals surface area contributed by atoms with E-state index >= 15 is 0 Å². The number of ether oxygens (including phenoxy) is 1. The van der Waals surface area contributed by atoms with E-state index in [0.29, 0.717) is 12.2 Å². The van der Waals surface area contributed by atoms with Crippen LogP contribution in [0.3, 0.4) is 0 Å². The smallest absolute Gasteiger partial charge is 0.330 e. The van der Waals surface area contributed by atoms with E-state index in [4.69, 9.17) is 10.5 Å². The number of rotatable bonds is 7. The summed E-state index contributed by atoms with van der Waals surface area (Å²) in [7, 11) is 0. The lowest BCUT2D eigenvalue weighted by molar-refractivity contribution is -0.146. The number of benzene rings is 1. The molecule has 0 bridgehead atoms. The normalized spacial score (nSPS) is 14.2. The summed E-state index contributed by atoms with van der Waals surface area (Å²) >= 11 is 0. The highest BCUT2D eigenvalue weighted by molar-refractivity contribution is 5.80. The van der Waals surface area contributed by atoms with Crippen LogP contribution in [0.4, 0.5) is 0 Å². The Hall–Kier alpha value is -1.39. The summed E-state index contributed by atoms with van der Waals surface area (Å²) in [5.41, 5.74) is 5.02. The van der Waals surface area contributed by atoms with Crippen molar-refractivity contribution in [3.05, 3.63) is 35.9 Å². The summed E-state index contributed by atoms with van der Waals surface area (Å²) < 4.78 is 5.35. The lowest BCUT2D eigenvalue weighted by Crippen LogP contribution is -2.49. The van der Waals surface area contributed by atoms with E-state index in [0.717, 1.165) is 12.8 Å². The second-order valence-corrected chi connectivity index (χ2v) is 4.05. The van der Waals surface area contributed by atoms with Crippen LogP contribution in [0.15, 0.2) is 30.3 Å². The second-order valence-electron chi connectivity index (χ2n) is 4.05. The highest BCUT2D eigenvalue weighted by atomic mass is 16.5. The van der Waals surface area contributed by atoms with E-state index in [1.807, 2.05) is 13.0 Å². The third-order valence-electron chi connectivity index (χ3n) is 2.64. The van der Waals surface area contributed by atoms with Gasteiger partial charge < -0.3 is 15.6 Å². The second kappa shape index (κ2) is 6.37. The first kappa shape index (κ1) is 13.7. The van der Waals surface area contributed by atoms with E-state index < -0.39 is 11.5 Å². The summed E-state index contributed by atoms with van der Waals surface area (Å²) in [6.07, 6.45) is 1.92. The zero-order chi connectivity index (χ0) is 12.7. The van der Waals surface area contributed by atoms with E-state index in [1.54, 1.807) is 24.3 Å². The van der Waals surface area contributed by atoms with Gasteiger partial charge >= 0.3 is 5.97 Å². The predicted octanol–water partition coefficient (Wildman–Crippen LogP) is 1.74. The molecule has 0 saturated heterocycles. The molecule has 0 aromatic heterocycles. The van der Waals surface area contributed by atoms with E-state index in [1.165, 1.54) is 0 Å². The summed E-state index contributed by atoms with van der Waals surface area (Å²) in [6, 6.07) is 8.77. The first-order chi connectivity index (χ1) is 8.11. The molecule has 0 aliphatic carbocycles. The molecular weight excluding hydrogens is 218 g/mol. The monoisotopic (exact) mass is 237 g/mol. The molecule has 3 N–H and O–H groups in total. The van der Waals surface area contributed by atoms with Gasteiger partial charge in [-0.15, -0.1) is 0 Å². The Bertz CT molecular complexity index is 353. The van der Waals surface area contributed by atoms with Crippen molar-refractivity contribution in [2.75, 3.05) is 13.2 Å². The van der Waals surface area contributed by atoms with Crippen molar-refractivity contribution in [3.8, 4) is 0 Å². The van der Waals surface area contributed by atoms with Crippen molar-refractivity contribution >= 4 is 5.97 Å². The Morgan fingerprint density at radius 1 is 1.41 bits per heavy atom. The molecule has 1 rings (SSSR count). The van der Waals surface area contributed by atoms with Crippen LogP contribution in [-0.2, 0) is 15.1 Å². The molecule has 0 radical (unpaired) electrons. The number of carboxylic acid groups (broad SMARTS) is 1. The Balaban J connectivity index is 2.73. The molecule has 0 spiro atoms. The Kier molecular flexibility index (Phi) is 5.12. The van der Waals surface area contributed by atoms with Crippen molar-refractivity contribution in [1.82, 2.24) is 0 Å². The molecule has 0 heterocycles. The number of hydrogen-bond acceptors (Lipinski definition) is 3. The number of carbonyl (C=O) groups is 1. The van der Waals surface area contributed by atoms with Crippen LogP contribution in [0.5, 0.6) is 0 Å². The molecule has 17 heavy (non-hydrogen) atoms. The van der Waals surface area contributed by atoms with E-state index in [2.05, 4.69) is 0 Å². The zero-order valence-electron chi connectivity index (χ0n) is 10.1. The molecular formula is C13H19NO3. The number of hydrogen-bond donors (Lipinski definition) is 2. The van der Waals surface area contributed by atoms with Crippen LogP contribution < -0.4 is 5.73 Å². The van der Waals surface area contributed by atoms with Gasteiger partial charge in [0, 0.05) is 6.61 Å². The van der Waals surface area contributed by atoms with Gasteiger partial charge in [0.2, 0.25) is 0 Å². The van der Waals surface area contributed by atoms with Crippen molar-refractivity contribution in [1.29, 1.82) is 0 Å². The minimum absolute atomic E-state index is 0.00759. The molecule has 4 nitrogen and oxygen atoms in total. The van der Waals surface area contributed by atoms with Crippen LogP contribution in [0, 0.1) is 0 Å². The average molecular weight is 237 g/mol.